The molecular weight excluding hydrogens is 248 g/mol. The van der Waals surface area contributed by atoms with Crippen molar-refractivity contribution < 1.29 is 19.4 Å². The van der Waals surface area contributed by atoms with Gasteiger partial charge in [0.25, 0.3) is 0 Å². The third kappa shape index (κ3) is 2.51. The summed E-state index contributed by atoms with van der Waals surface area (Å²) in [6.45, 7) is 11.1. The van der Waals surface area contributed by atoms with Crippen molar-refractivity contribution in [3.63, 3.8) is 0 Å². The second-order valence-corrected chi connectivity index (χ2v) is 11.9. The van der Waals surface area contributed by atoms with Crippen molar-refractivity contribution in [1.82, 2.24) is 0 Å². The molecule has 106 valence electrons. The van der Waals surface area contributed by atoms with E-state index >= 15 is 0 Å². The molecule has 0 radical (unpaired) electrons. The third-order valence-corrected chi connectivity index (χ3v) is 9.27. The standard InChI is InChI=1S/C13H26O4Si/c1-13(2,3)18(4,5)17-9-6-8(7-14)10(15)12-11(9)16-12/h8-12,14-15H,6-7H2,1-5H3/t8-,9+,10-,11?,12?/m0/s1. The van der Waals surface area contributed by atoms with E-state index in [1.54, 1.807) is 0 Å². The van der Waals surface area contributed by atoms with Crippen LogP contribution in [0.25, 0.3) is 0 Å². The predicted molar refractivity (Wildman–Crippen MR) is 71.9 cm³/mol. The van der Waals surface area contributed by atoms with Crippen molar-refractivity contribution in [3.8, 4) is 0 Å². The summed E-state index contributed by atoms with van der Waals surface area (Å²) < 4.78 is 11.9. The fourth-order valence-electron chi connectivity index (χ4n) is 2.40. The van der Waals surface area contributed by atoms with Crippen LogP contribution in [0.15, 0.2) is 0 Å². The molecule has 0 amide bonds. The van der Waals surface area contributed by atoms with Crippen molar-refractivity contribution in [2.75, 3.05) is 6.61 Å². The van der Waals surface area contributed by atoms with E-state index in [1.165, 1.54) is 0 Å². The first-order valence-electron chi connectivity index (χ1n) is 6.79. The number of hydrogen-bond donors (Lipinski definition) is 2. The molecule has 1 heterocycles. The van der Waals surface area contributed by atoms with Crippen LogP contribution < -0.4 is 0 Å². The number of epoxide rings is 1. The summed E-state index contributed by atoms with van der Waals surface area (Å²) in [4.78, 5) is 0. The number of rotatable bonds is 3. The molecule has 2 unspecified atom stereocenters. The topological polar surface area (TPSA) is 62.2 Å². The lowest BCUT2D eigenvalue weighted by atomic mass is 9.85. The maximum atomic E-state index is 9.93. The highest BCUT2D eigenvalue weighted by atomic mass is 28.4. The van der Waals surface area contributed by atoms with Gasteiger partial charge in [0.15, 0.2) is 8.32 Å². The Morgan fingerprint density at radius 1 is 1.28 bits per heavy atom. The fraction of sp³-hybridized carbons (Fsp3) is 1.00. The van der Waals surface area contributed by atoms with E-state index in [1.807, 2.05) is 0 Å². The Morgan fingerprint density at radius 3 is 2.39 bits per heavy atom. The molecule has 1 saturated carbocycles. The Balaban J connectivity index is 2.03. The van der Waals surface area contributed by atoms with E-state index in [0.29, 0.717) is 6.42 Å². The van der Waals surface area contributed by atoms with Gasteiger partial charge >= 0.3 is 0 Å². The molecule has 18 heavy (non-hydrogen) atoms. The van der Waals surface area contributed by atoms with E-state index in [-0.39, 0.29) is 35.9 Å². The monoisotopic (exact) mass is 274 g/mol. The van der Waals surface area contributed by atoms with E-state index in [0.717, 1.165) is 0 Å². The minimum Gasteiger partial charge on any atom is -0.411 e. The second-order valence-electron chi connectivity index (χ2n) is 7.15. The van der Waals surface area contributed by atoms with Crippen LogP contribution in [0.1, 0.15) is 27.2 Å². The van der Waals surface area contributed by atoms with Crippen LogP contribution in [0.5, 0.6) is 0 Å². The Morgan fingerprint density at radius 2 is 1.89 bits per heavy atom. The van der Waals surface area contributed by atoms with Crippen molar-refractivity contribution in [3.05, 3.63) is 0 Å². The smallest absolute Gasteiger partial charge is 0.192 e. The van der Waals surface area contributed by atoms with Gasteiger partial charge in [-0.25, -0.2) is 0 Å². The van der Waals surface area contributed by atoms with E-state index in [4.69, 9.17) is 9.16 Å². The molecule has 0 aromatic rings. The lowest BCUT2D eigenvalue weighted by Gasteiger charge is -2.41. The summed E-state index contributed by atoms with van der Waals surface area (Å²) in [7, 11) is -1.82. The van der Waals surface area contributed by atoms with Crippen LogP contribution in [0.3, 0.4) is 0 Å². The van der Waals surface area contributed by atoms with E-state index in [9.17, 15) is 10.2 Å². The highest BCUT2D eigenvalue weighted by Crippen LogP contribution is 2.45. The zero-order chi connectivity index (χ0) is 13.7. The average Bonchev–Trinajstić information content (AvgIpc) is 3.00. The van der Waals surface area contributed by atoms with Gasteiger partial charge in [-0.2, -0.15) is 0 Å². The maximum absolute atomic E-state index is 9.93. The van der Waals surface area contributed by atoms with Gasteiger partial charge in [0, 0.05) is 12.5 Å². The Kier molecular flexibility index (Phi) is 3.66. The van der Waals surface area contributed by atoms with Crippen LogP contribution >= 0.6 is 0 Å². The zero-order valence-electron chi connectivity index (χ0n) is 12.0. The molecule has 2 N–H and O–H groups in total. The molecule has 5 atom stereocenters. The van der Waals surface area contributed by atoms with Gasteiger partial charge in [-0.3, -0.25) is 0 Å². The van der Waals surface area contributed by atoms with E-state index < -0.39 is 14.4 Å². The van der Waals surface area contributed by atoms with Crippen LogP contribution in [0, 0.1) is 5.92 Å². The molecule has 0 aromatic heterocycles. The lowest BCUT2D eigenvalue weighted by Crippen LogP contribution is -2.49. The van der Waals surface area contributed by atoms with Crippen LogP contribution in [-0.4, -0.2) is 49.6 Å². The van der Waals surface area contributed by atoms with Gasteiger partial charge in [-0.15, -0.1) is 0 Å². The van der Waals surface area contributed by atoms with Gasteiger partial charge in [-0.05, 0) is 24.6 Å². The molecule has 1 aliphatic heterocycles. The number of fused-ring (bicyclic) bond motifs is 1. The normalized spacial score (nSPS) is 40.5. The number of ether oxygens (including phenoxy) is 1. The molecular formula is C13H26O4Si. The fourth-order valence-corrected chi connectivity index (χ4v) is 3.74. The lowest BCUT2D eigenvalue weighted by molar-refractivity contribution is 0.00776. The third-order valence-electron chi connectivity index (χ3n) is 4.77. The Hall–Kier alpha value is 0.0569. The molecule has 2 aliphatic rings. The maximum Gasteiger partial charge on any atom is 0.192 e. The molecule has 0 spiro atoms. The van der Waals surface area contributed by atoms with Crippen LogP contribution in [0.2, 0.25) is 18.1 Å². The molecule has 1 saturated heterocycles. The van der Waals surface area contributed by atoms with Crippen LogP contribution in [-0.2, 0) is 9.16 Å². The minimum absolute atomic E-state index is 0.00507. The number of aliphatic hydroxyl groups is 2. The number of hydrogen-bond acceptors (Lipinski definition) is 4. The summed E-state index contributed by atoms with van der Waals surface area (Å²) in [6.07, 6.45) is 0.129. The summed E-state index contributed by atoms with van der Waals surface area (Å²) in [5.74, 6) is -0.108. The largest absolute Gasteiger partial charge is 0.411 e. The van der Waals surface area contributed by atoms with Gasteiger partial charge < -0.3 is 19.4 Å². The number of aliphatic hydroxyl groups excluding tert-OH is 2. The summed E-state index contributed by atoms with van der Waals surface area (Å²) in [5, 5.41) is 19.4. The Bertz CT molecular complexity index is 313. The first-order valence-corrected chi connectivity index (χ1v) is 9.70. The molecule has 5 heteroatoms. The van der Waals surface area contributed by atoms with Gasteiger partial charge in [0.05, 0.1) is 12.2 Å². The van der Waals surface area contributed by atoms with Gasteiger partial charge in [0.2, 0.25) is 0 Å². The zero-order valence-corrected chi connectivity index (χ0v) is 13.0. The predicted octanol–water partition coefficient (Wildman–Crippen LogP) is 1.52. The molecule has 2 fully saturated rings. The SMILES string of the molecule is CC(C)(C)[Si](C)(C)O[C@@H]1C[C@@H](CO)[C@H](O)C2OC21. The molecule has 0 bridgehead atoms. The Labute approximate surface area is 110 Å². The summed E-state index contributed by atoms with van der Waals surface area (Å²) >= 11 is 0. The first kappa shape index (κ1) is 14.5. The molecule has 1 aliphatic carbocycles. The van der Waals surface area contributed by atoms with Crippen molar-refractivity contribution in [2.45, 2.75) is 69.7 Å². The van der Waals surface area contributed by atoms with E-state index in [2.05, 4.69) is 33.9 Å². The van der Waals surface area contributed by atoms with Gasteiger partial charge in [0.1, 0.15) is 12.2 Å². The van der Waals surface area contributed by atoms with Gasteiger partial charge in [-0.1, -0.05) is 20.8 Å². The molecule has 2 rings (SSSR count). The first-order chi connectivity index (χ1) is 8.17. The average molecular weight is 274 g/mol. The highest BCUT2D eigenvalue weighted by Gasteiger charge is 2.58. The quantitative estimate of drug-likeness (QED) is 0.605. The highest BCUT2D eigenvalue weighted by molar-refractivity contribution is 6.74. The van der Waals surface area contributed by atoms with Crippen molar-refractivity contribution in [2.24, 2.45) is 5.92 Å². The van der Waals surface area contributed by atoms with Crippen LogP contribution in [0.4, 0.5) is 0 Å². The molecule has 4 nitrogen and oxygen atoms in total. The second kappa shape index (κ2) is 4.56. The minimum atomic E-state index is -1.82. The van der Waals surface area contributed by atoms with Crippen molar-refractivity contribution >= 4 is 8.32 Å². The summed E-state index contributed by atoms with van der Waals surface area (Å²) in [5.41, 5.74) is 0. The van der Waals surface area contributed by atoms with Crippen molar-refractivity contribution in [1.29, 1.82) is 0 Å². The summed E-state index contributed by atoms with van der Waals surface area (Å²) in [6, 6.07) is 0. The molecule has 0 aromatic carbocycles.